The van der Waals surface area contributed by atoms with Crippen molar-refractivity contribution in [3.63, 3.8) is 0 Å². The van der Waals surface area contributed by atoms with E-state index in [2.05, 4.69) is 29.1 Å². The number of aryl methyl sites for hydroxylation is 2. The summed E-state index contributed by atoms with van der Waals surface area (Å²) in [6, 6.07) is 1.97. The molecule has 0 fully saturated rings. The predicted octanol–water partition coefficient (Wildman–Crippen LogP) is 1.81. The highest BCUT2D eigenvalue weighted by Crippen LogP contribution is 2.19. The Bertz CT molecular complexity index is 559. The van der Waals surface area contributed by atoms with E-state index in [1.54, 1.807) is 6.33 Å². The van der Waals surface area contributed by atoms with Crippen molar-refractivity contribution in [3.05, 3.63) is 35.0 Å². The second-order valence-electron chi connectivity index (χ2n) is 4.54. The molecule has 0 unspecified atom stereocenters. The van der Waals surface area contributed by atoms with Crippen molar-refractivity contribution < 1.29 is 0 Å². The number of aromatic nitrogens is 4. The Morgan fingerprint density at radius 2 is 2.00 bits per heavy atom. The summed E-state index contributed by atoms with van der Waals surface area (Å²) in [7, 11) is 1.96. The maximum absolute atomic E-state index is 4.72. The van der Waals surface area contributed by atoms with Crippen LogP contribution in [0.15, 0.2) is 12.4 Å². The molecule has 2 rings (SSSR count). The Hall–Kier alpha value is -1.75. The number of nitrogens with one attached hydrogen (secondary N) is 1. The molecule has 102 valence electrons. The van der Waals surface area contributed by atoms with E-state index in [0.29, 0.717) is 0 Å². The highest BCUT2D eigenvalue weighted by molar-refractivity contribution is 5.34. The summed E-state index contributed by atoms with van der Waals surface area (Å²) in [6.45, 7) is 7.10. The SMILES string of the molecule is CCc1nn(-c2cc(C)ncn2)c(CC)c1CNC. The molecule has 0 spiro atoms. The van der Waals surface area contributed by atoms with Crippen LogP contribution in [0.3, 0.4) is 0 Å². The van der Waals surface area contributed by atoms with Gasteiger partial charge in [0.1, 0.15) is 6.33 Å². The summed E-state index contributed by atoms with van der Waals surface area (Å²) in [4.78, 5) is 8.48. The first-order valence-electron chi connectivity index (χ1n) is 6.74. The van der Waals surface area contributed by atoms with Crippen molar-refractivity contribution >= 4 is 0 Å². The van der Waals surface area contributed by atoms with Gasteiger partial charge in [-0.05, 0) is 26.8 Å². The Kier molecular flexibility index (Phi) is 4.27. The van der Waals surface area contributed by atoms with Crippen LogP contribution >= 0.6 is 0 Å². The molecule has 0 aromatic carbocycles. The third-order valence-corrected chi connectivity index (χ3v) is 3.20. The molecule has 0 radical (unpaired) electrons. The average Bonchev–Trinajstić information content (AvgIpc) is 2.77. The molecule has 0 bridgehead atoms. The minimum Gasteiger partial charge on any atom is -0.316 e. The second kappa shape index (κ2) is 5.93. The molecule has 0 aliphatic rings. The highest BCUT2D eigenvalue weighted by atomic mass is 15.3. The van der Waals surface area contributed by atoms with Gasteiger partial charge >= 0.3 is 0 Å². The van der Waals surface area contributed by atoms with E-state index < -0.39 is 0 Å². The monoisotopic (exact) mass is 259 g/mol. The largest absolute Gasteiger partial charge is 0.316 e. The van der Waals surface area contributed by atoms with Gasteiger partial charge in [0, 0.05) is 23.9 Å². The standard InChI is InChI=1S/C14H21N5/c1-5-12-11(8-15-4)13(6-2)19(18-12)14-7-10(3)16-9-17-14/h7,9,15H,5-6,8H2,1-4H3. The lowest BCUT2D eigenvalue weighted by Crippen LogP contribution is -2.10. The van der Waals surface area contributed by atoms with Crippen LogP contribution in [0.2, 0.25) is 0 Å². The van der Waals surface area contributed by atoms with Crippen molar-refractivity contribution in [2.24, 2.45) is 0 Å². The lowest BCUT2D eigenvalue weighted by molar-refractivity contribution is 0.759. The van der Waals surface area contributed by atoms with Crippen LogP contribution in [0.4, 0.5) is 0 Å². The Morgan fingerprint density at radius 1 is 1.21 bits per heavy atom. The maximum atomic E-state index is 4.72. The lowest BCUT2D eigenvalue weighted by Gasteiger charge is -2.07. The van der Waals surface area contributed by atoms with Crippen LogP contribution in [0.1, 0.15) is 36.5 Å². The van der Waals surface area contributed by atoms with Gasteiger partial charge in [0.25, 0.3) is 0 Å². The van der Waals surface area contributed by atoms with Crippen LogP contribution in [0.25, 0.3) is 5.82 Å². The van der Waals surface area contributed by atoms with Crippen LogP contribution < -0.4 is 5.32 Å². The third-order valence-electron chi connectivity index (χ3n) is 3.20. The molecule has 5 nitrogen and oxygen atoms in total. The molecule has 19 heavy (non-hydrogen) atoms. The molecule has 0 aliphatic carbocycles. The van der Waals surface area contributed by atoms with E-state index in [1.807, 2.05) is 24.7 Å². The molecule has 2 aromatic rings. The summed E-state index contributed by atoms with van der Waals surface area (Å²) in [5.74, 6) is 0.849. The van der Waals surface area contributed by atoms with Gasteiger partial charge in [-0.25, -0.2) is 14.6 Å². The fourth-order valence-corrected chi connectivity index (χ4v) is 2.31. The zero-order valence-electron chi connectivity index (χ0n) is 12.1. The second-order valence-corrected chi connectivity index (χ2v) is 4.54. The van der Waals surface area contributed by atoms with E-state index in [0.717, 1.165) is 36.6 Å². The van der Waals surface area contributed by atoms with Gasteiger partial charge < -0.3 is 5.32 Å². The van der Waals surface area contributed by atoms with E-state index >= 15 is 0 Å². The molecule has 0 amide bonds. The van der Waals surface area contributed by atoms with Crippen molar-refractivity contribution in [1.29, 1.82) is 0 Å². The molecular formula is C14H21N5. The topological polar surface area (TPSA) is 55.6 Å². The summed E-state index contributed by atoms with van der Waals surface area (Å²) in [5, 5.41) is 7.94. The van der Waals surface area contributed by atoms with Gasteiger partial charge in [-0.1, -0.05) is 13.8 Å². The van der Waals surface area contributed by atoms with Gasteiger partial charge in [0.05, 0.1) is 11.4 Å². The zero-order chi connectivity index (χ0) is 13.8. The Labute approximate surface area is 114 Å². The fraction of sp³-hybridized carbons (Fsp3) is 0.500. The lowest BCUT2D eigenvalue weighted by atomic mass is 10.1. The molecule has 1 N–H and O–H groups in total. The number of hydrogen-bond donors (Lipinski definition) is 1. The van der Waals surface area contributed by atoms with Crippen LogP contribution in [-0.4, -0.2) is 26.8 Å². The van der Waals surface area contributed by atoms with Crippen molar-refractivity contribution in [3.8, 4) is 5.82 Å². The van der Waals surface area contributed by atoms with Crippen molar-refractivity contribution in [2.45, 2.75) is 40.2 Å². The summed E-state index contributed by atoms with van der Waals surface area (Å²) in [6.07, 6.45) is 3.46. The first-order chi connectivity index (χ1) is 9.21. The van der Waals surface area contributed by atoms with Crippen molar-refractivity contribution in [1.82, 2.24) is 25.1 Å². The molecule has 0 saturated carbocycles. The molecule has 2 aromatic heterocycles. The summed E-state index contributed by atoms with van der Waals surface area (Å²) < 4.78 is 1.96. The normalized spacial score (nSPS) is 10.9. The van der Waals surface area contributed by atoms with Gasteiger partial charge in [-0.2, -0.15) is 5.10 Å². The first-order valence-corrected chi connectivity index (χ1v) is 6.74. The minimum atomic E-state index is 0.844. The third kappa shape index (κ3) is 2.66. The quantitative estimate of drug-likeness (QED) is 0.890. The number of nitrogens with zero attached hydrogens (tertiary/aromatic N) is 4. The number of hydrogen-bond acceptors (Lipinski definition) is 4. The summed E-state index contributed by atoms with van der Waals surface area (Å²) in [5.41, 5.74) is 4.62. The fourth-order valence-electron chi connectivity index (χ4n) is 2.31. The molecule has 0 saturated heterocycles. The van der Waals surface area contributed by atoms with E-state index in [1.165, 1.54) is 11.3 Å². The van der Waals surface area contributed by atoms with Gasteiger partial charge in [-0.3, -0.25) is 0 Å². The molecule has 2 heterocycles. The van der Waals surface area contributed by atoms with E-state index in [9.17, 15) is 0 Å². The van der Waals surface area contributed by atoms with Crippen LogP contribution in [0, 0.1) is 6.92 Å². The Morgan fingerprint density at radius 3 is 2.58 bits per heavy atom. The number of rotatable bonds is 5. The highest BCUT2D eigenvalue weighted by Gasteiger charge is 2.16. The molecular weight excluding hydrogens is 238 g/mol. The van der Waals surface area contributed by atoms with Crippen LogP contribution in [-0.2, 0) is 19.4 Å². The first kappa shape index (κ1) is 13.7. The zero-order valence-corrected chi connectivity index (χ0v) is 12.1. The van der Waals surface area contributed by atoms with Gasteiger partial charge in [0.2, 0.25) is 0 Å². The molecule has 5 heteroatoms. The minimum absolute atomic E-state index is 0.844. The van der Waals surface area contributed by atoms with E-state index in [-0.39, 0.29) is 0 Å². The predicted molar refractivity (Wildman–Crippen MR) is 75.4 cm³/mol. The van der Waals surface area contributed by atoms with E-state index in [4.69, 9.17) is 5.10 Å². The summed E-state index contributed by atoms with van der Waals surface area (Å²) >= 11 is 0. The maximum Gasteiger partial charge on any atom is 0.157 e. The smallest absolute Gasteiger partial charge is 0.157 e. The molecule has 0 aliphatic heterocycles. The molecule has 0 atom stereocenters. The van der Waals surface area contributed by atoms with Crippen LogP contribution in [0.5, 0.6) is 0 Å². The Balaban J connectivity index is 2.56. The van der Waals surface area contributed by atoms with Gasteiger partial charge in [0.15, 0.2) is 5.82 Å². The van der Waals surface area contributed by atoms with Crippen molar-refractivity contribution in [2.75, 3.05) is 7.05 Å². The van der Waals surface area contributed by atoms with Gasteiger partial charge in [-0.15, -0.1) is 0 Å². The average molecular weight is 259 g/mol.